The normalized spacial score (nSPS) is 12.7. The molecule has 1 aliphatic rings. The maximum absolute atomic E-state index is 5.12. The predicted molar refractivity (Wildman–Crippen MR) is 273 cm³/mol. The van der Waals surface area contributed by atoms with Crippen molar-refractivity contribution in [1.82, 2.24) is 15.0 Å². The van der Waals surface area contributed by atoms with Crippen molar-refractivity contribution < 1.29 is 0 Å². The molecule has 0 fully saturated rings. The number of rotatable bonds is 9. The molecule has 0 N–H and O–H groups in total. The Hall–Kier alpha value is -7.79. The fourth-order valence-corrected chi connectivity index (χ4v) is 10.8. The Kier molecular flexibility index (Phi) is 10.1. The summed E-state index contributed by atoms with van der Waals surface area (Å²) in [6.07, 6.45) is 0. The Labute approximate surface area is 382 Å². The van der Waals surface area contributed by atoms with Crippen LogP contribution in [0.15, 0.2) is 231 Å². The molecular formula is C61H47N3Si. The van der Waals surface area contributed by atoms with Crippen LogP contribution in [0.3, 0.4) is 0 Å². The molecule has 0 unspecified atom stereocenters. The summed E-state index contributed by atoms with van der Waals surface area (Å²) in [5, 5.41) is 1.47. The molecule has 11 rings (SSSR count). The Morgan fingerprint density at radius 3 is 1.14 bits per heavy atom. The molecule has 3 nitrogen and oxygen atoms in total. The molecule has 0 amide bonds. The lowest BCUT2D eigenvalue weighted by Crippen LogP contribution is -2.39. The van der Waals surface area contributed by atoms with Gasteiger partial charge in [0.1, 0.15) is 0 Å². The van der Waals surface area contributed by atoms with Crippen molar-refractivity contribution in [2.45, 2.75) is 25.1 Å². The zero-order valence-corrected chi connectivity index (χ0v) is 37.8. The molecule has 0 bridgehead atoms. The molecule has 1 aromatic heterocycles. The number of benzene rings is 9. The van der Waals surface area contributed by atoms with Crippen molar-refractivity contribution in [2.75, 3.05) is 0 Å². The van der Waals surface area contributed by atoms with E-state index in [1.807, 2.05) is 24.3 Å². The van der Waals surface area contributed by atoms with Crippen LogP contribution in [0.1, 0.15) is 22.3 Å². The highest BCUT2D eigenvalue weighted by atomic mass is 28.3. The first kappa shape index (κ1) is 40.0. The van der Waals surface area contributed by atoms with Gasteiger partial charge in [-0.15, -0.1) is 0 Å². The molecule has 1 aliphatic carbocycles. The van der Waals surface area contributed by atoms with Gasteiger partial charge >= 0.3 is 0 Å². The maximum Gasteiger partial charge on any atom is 0.164 e. The van der Waals surface area contributed by atoms with E-state index in [0.717, 1.165) is 38.9 Å². The molecule has 0 atom stereocenters. The van der Waals surface area contributed by atoms with E-state index in [4.69, 9.17) is 15.0 Å². The number of fused-ring (bicyclic) bond motifs is 3. The summed E-state index contributed by atoms with van der Waals surface area (Å²) < 4.78 is 0. The van der Waals surface area contributed by atoms with Crippen molar-refractivity contribution in [2.24, 2.45) is 0 Å². The van der Waals surface area contributed by atoms with Gasteiger partial charge in [0.25, 0.3) is 0 Å². The van der Waals surface area contributed by atoms with E-state index in [-0.39, 0.29) is 0 Å². The van der Waals surface area contributed by atoms with Crippen LogP contribution in [0.4, 0.5) is 0 Å². The summed E-state index contributed by atoms with van der Waals surface area (Å²) in [6.45, 7) is 7.33. The van der Waals surface area contributed by atoms with Gasteiger partial charge in [-0.1, -0.05) is 237 Å². The highest BCUT2D eigenvalue weighted by molar-refractivity contribution is 6.88. The van der Waals surface area contributed by atoms with Gasteiger partial charge in [-0.2, -0.15) is 0 Å². The quantitative estimate of drug-likeness (QED) is 0.136. The minimum atomic E-state index is -1.62. The average molecular weight is 850 g/mol. The average Bonchev–Trinajstić information content (AvgIpc) is 3.67. The van der Waals surface area contributed by atoms with Crippen LogP contribution >= 0.6 is 0 Å². The summed E-state index contributed by atoms with van der Waals surface area (Å²) in [7, 11) is -1.62. The van der Waals surface area contributed by atoms with Crippen LogP contribution in [-0.2, 0) is 5.41 Å². The molecule has 65 heavy (non-hydrogen) atoms. The van der Waals surface area contributed by atoms with Crippen molar-refractivity contribution in [1.29, 1.82) is 0 Å². The third kappa shape index (κ3) is 7.32. The van der Waals surface area contributed by atoms with Crippen LogP contribution in [0.25, 0.3) is 78.7 Å². The van der Waals surface area contributed by atoms with E-state index in [0.29, 0.717) is 17.5 Å². The van der Waals surface area contributed by atoms with Crippen LogP contribution in [0, 0.1) is 0 Å². The molecule has 10 aromatic rings. The van der Waals surface area contributed by atoms with Gasteiger partial charge in [0.15, 0.2) is 17.5 Å². The molecule has 0 radical (unpaired) electrons. The SMILES string of the molecule is C[Si](C)(C)c1ccc2c(c1)C(c1ccccc1)(c1ccccc1)c1cc(-c3ccc(-c4cccc(-c5nc(-c6ccccc6)nc(-c6cccc(-c7ccccc7)c6)n5)c4)cc3)ccc1-2. The minimum Gasteiger partial charge on any atom is -0.208 e. The second-order valence-corrected chi connectivity index (χ2v) is 23.1. The van der Waals surface area contributed by atoms with Crippen molar-refractivity contribution in [3.63, 3.8) is 0 Å². The van der Waals surface area contributed by atoms with E-state index in [9.17, 15) is 0 Å². The van der Waals surface area contributed by atoms with E-state index >= 15 is 0 Å². The fraction of sp³-hybridized carbons (Fsp3) is 0.0656. The molecule has 0 saturated carbocycles. The van der Waals surface area contributed by atoms with Gasteiger partial charge in [-0.05, 0) is 85.0 Å². The minimum absolute atomic E-state index is 0.459. The molecule has 310 valence electrons. The predicted octanol–water partition coefficient (Wildman–Crippen LogP) is 14.8. The Morgan fingerprint density at radius 2 is 0.646 bits per heavy atom. The zero-order valence-electron chi connectivity index (χ0n) is 36.8. The highest BCUT2D eigenvalue weighted by Gasteiger charge is 2.46. The number of hydrogen-bond donors (Lipinski definition) is 0. The Bertz CT molecular complexity index is 3280. The first-order valence-electron chi connectivity index (χ1n) is 22.4. The first-order chi connectivity index (χ1) is 31.8. The second-order valence-electron chi connectivity index (χ2n) is 18.0. The molecule has 9 aromatic carbocycles. The molecule has 0 aliphatic heterocycles. The molecule has 0 saturated heterocycles. The summed E-state index contributed by atoms with van der Waals surface area (Å²) in [5.74, 6) is 1.91. The molecule has 0 spiro atoms. The molecule has 1 heterocycles. The maximum atomic E-state index is 5.12. The van der Waals surface area contributed by atoms with Gasteiger partial charge in [-0.25, -0.2) is 15.0 Å². The van der Waals surface area contributed by atoms with Crippen molar-refractivity contribution in [3.8, 4) is 78.7 Å². The van der Waals surface area contributed by atoms with E-state index in [1.165, 1.54) is 49.7 Å². The number of aromatic nitrogens is 3. The van der Waals surface area contributed by atoms with Crippen LogP contribution < -0.4 is 5.19 Å². The standard InChI is InChI=1S/C61H47N3Si/c1-65(2,3)53-35-37-55-54-36-34-48(40-56(54)61(57(55)41-53,51-26-12-6-13-27-51)52-28-14-7-15-29-52)44-32-30-43(31-33-44)47-23-17-25-50(39-47)60-63-58(45-20-10-5-11-21-45)62-59(64-60)49-24-16-22-46(38-49)42-18-8-4-9-19-42/h4-41H,1-3H3. The summed E-state index contributed by atoms with van der Waals surface area (Å²) >= 11 is 0. The summed E-state index contributed by atoms with van der Waals surface area (Å²) in [6, 6.07) is 83.2. The lowest BCUT2D eigenvalue weighted by molar-refractivity contribution is 0.769. The van der Waals surface area contributed by atoms with E-state index in [2.05, 4.69) is 226 Å². The third-order valence-corrected chi connectivity index (χ3v) is 15.0. The Morgan fingerprint density at radius 1 is 0.292 bits per heavy atom. The smallest absolute Gasteiger partial charge is 0.164 e. The van der Waals surface area contributed by atoms with Gasteiger partial charge in [0.05, 0.1) is 13.5 Å². The number of nitrogens with zero attached hydrogens (tertiary/aromatic N) is 3. The van der Waals surface area contributed by atoms with Gasteiger partial charge < -0.3 is 0 Å². The van der Waals surface area contributed by atoms with Gasteiger partial charge in [0.2, 0.25) is 0 Å². The van der Waals surface area contributed by atoms with E-state index in [1.54, 1.807) is 0 Å². The second kappa shape index (κ2) is 16.4. The monoisotopic (exact) mass is 849 g/mol. The van der Waals surface area contributed by atoms with Crippen molar-refractivity contribution >= 4 is 13.3 Å². The number of hydrogen-bond acceptors (Lipinski definition) is 3. The Balaban J connectivity index is 0.977. The lowest BCUT2D eigenvalue weighted by atomic mass is 9.67. The summed E-state index contributed by atoms with van der Waals surface area (Å²) in [4.78, 5) is 15.2. The topological polar surface area (TPSA) is 38.7 Å². The first-order valence-corrected chi connectivity index (χ1v) is 25.9. The van der Waals surface area contributed by atoms with Gasteiger partial charge in [0, 0.05) is 16.7 Å². The van der Waals surface area contributed by atoms with Crippen LogP contribution in [-0.4, -0.2) is 23.0 Å². The third-order valence-electron chi connectivity index (χ3n) is 13.0. The molecular weight excluding hydrogens is 803 g/mol. The van der Waals surface area contributed by atoms with Crippen LogP contribution in [0.2, 0.25) is 19.6 Å². The zero-order chi connectivity index (χ0) is 44.0. The van der Waals surface area contributed by atoms with Gasteiger partial charge in [-0.3, -0.25) is 0 Å². The lowest BCUT2D eigenvalue weighted by Gasteiger charge is -2.35. The fourth-order valence-electron chi connectivity index (χ4n) is 9.65. The highest BCUT2D eigenvalue weighted by Crippen LogP contribution is 2.56. The molecule has 4 heteroatoms. The van der Waals surface area contributed by atoms with Crippen LogP contribution in [0.5, 0.6) is 0 Å². The summed E-state index contributed by atoms with van der Waals surface area (Å²) in [5.41, 5.74) is 17.1. The van der Waals surface area contributed by atoms with E-state index < -0.39 is 13.5 Å². The van der Waals surface area contributed by atoms with Crippen molar-refractivity contribution in [3.05, 3.63) is 253 Å². The largest absolute Gasteiger partial charge is 0.208 e.